The molecule has 0 saturated carbocycles. The Morgan fingerprint density at radius 3 is 2.10 bits per heavy atom. The number of nitrogens with zero attached hydrogens (tertiary/aromatic N) is 1. The molecule has 0 bridgehead atoms. The average molecular weight is 318 g/mol. The lowest BCUT2D eigenvalue weighted by Gasteiger charge is -2.32. The average Bonchev–Trinajstić information content (AvgIpc) is 2.49. The van der Waals surface area contributed by atoms with Gasteiger partial charge in [-0.05, 0) is 24.7 Å². The third kappa shape index (κ3) is 10.2. The van der Waals surface area contributed by atoms with Crippen LogP contribution in [-0.4, -0.2) is 30.3 Å². The van der Waals surface area contributed by atoms with Crippen LogP contribution in [0.25, 0.3) is 0 Å². The number of halogens is 1. The topological polar surface area (TPSA) is 20.3 Å². The molecule has 2 nitrogen and oxygen atoms in total. The highest BCUT2D eigenvalue weighted by atomic mass is 35.5. The van der Waals surface area contributed by atoms with Gasteiger partial charge in [-0.3, -0.25) is 4.79 Å². The molecule has 0 aliphatic rings. The highest BCUT2D eigenvalue weighted by molar-refractivity contribution is 6.27. The Hall–Kier alpha value is -0.240. The maximum atomic E-state index is 11.6. The molecular weight excluding hydrogens is 282 g/mol. The second-order valence-corrected chi connectivity index (χ2v) is 7.04. The molecule has 0 aromatic carbocycles. The Kier molecular flexibility index (Phi) is 12.2. The first-order valence-electron chi connectivity index (χ1n) is 8.79. The highest BCUT2D eigenvalue weighted by Gasteiger charge is 2.24. The van der Waals surface area contributed by atoms with Gasteiger partial charge in [0.2, 0.25) is 5.91 Å². The van der Waals surface area contributed by atoms with E-state index in [-0.39, 0.29) is 11.8 Å². The molecule has 0 aromatic heterocycles. The lowest BCUT2D eigenvalue weighted by atomic mass is 9.77. The molecular formula is C18H36ClNO. The van der Waals surface area contributed by atoms with E-state index in [1.807, 2.05) is 7.05 Å². The second-order valence-electron chi connectivity index (χ2n) is 6.78. The third-order valence-corrected chi connectivity index (χ3v) is 4.84. The molecule has 3 heteroatoms. The van der Waals surface area contributed by atoms with Gasteiger partial charge in [0.15, 0.2) is 0 Å². The van der Waals surface area contributed by atoms with Gasteiger partial charge in [-0.2, -0.15) is 0 Å². The van der Waals surface area contributed by atoms with Crippen LogP contribution in [0.2, 0.25) is 0 Å². The minimum atomic E-state index is 0.0393. The Morgan fingerprint density at radius 2 is 1.52 bits per heavy atom. The van der Waals surface area contributed by atoms with Gasteiger partial charge < -0.3 is 4.90 Å². The van der Waals surface area contributed by atoms with Crippen LogP contribution in [0, 0.1) is 5.41 Å². The van der Waals surface area contributed by atoms with Crippen molar-refractivity contribution in [1.29, 1.82) is 0 Å². The molecule has 21 heavy (non-hydrogen) atoms. The second kappa shape index (κ2) is 12.3. The first-order valence-corrected chi connectivity index (χ1v) is 9.32. The normalized spacial score (nSPS) is 14.0. The lowest BCUT2D eigenvalue weighted by Crippen LogP contribution is -2.32. The smallest absolute Gasteiger partial charge is 0.237 e. The fraction of sp³-hybridized carbons (Fsp3) is 0.944. The molecule has 0 saturated heterocycles. The van der Waals surface area contributed by atoms with E-state index in [1.165, 1.54) is 57.8 Å². The first kappa shape index (κ1) is 20.8. The van der Waals surface area contributed by atoms with Crippen molar-refractivity contribution in [2.45, 2.75) is 85.0 Å². The fourth-order valence-electron chi connectivity index (χ4n) is 2.80. The predicted octanol–water partition coefficient (Wildman–Crippen LogP) is 5.63. The summed E-state index contributed by atoms with van der Waals surface area (Å²) in [5, 5.41) is 0. The van der Waals surface area contributed by atoms with E-state index >= 15 is 0 Å². The van der Waals surface area contributed by atoms with Crippen molar-refractivity contribution in [2.24, 2.45) is 5.41 Å². The minimum Gasteiger partial charge on any atom is -0.345 e. The number of amides is 1. The van der Waals surface area contributed by atoms with Crippen LogP contribution >= 0.6 is 11.6 Å². The molecule has 0 rings (SSSR count). The zero-order chi connectivity index (χ0) is 16.1. The quantitative estimate of drug-likeness (QED) is 0.318. The van der Waals surface area contributed by atoms with Crippen molar-refractivity contribution in [2.75, 3.05) is 19.5 Å². The number of carbonyl (C=O) groups excluding carboxylic acids is 1. The molecule has 1 unspecified atom stereocenters. The van der Waals surface area contributed by atoms with Gasteiger partial charge in [0.05, 0.1) is 0 Å². The zero-order valence-corrected chi connectivity index (χ0v) is 15.5. The van der Waals surface area contributed by atoms with Crippen LogP contribution in [0.4, 0.5) is 0 Å². The molecule has 0 aliphatic carbocycles. The van der Waals surface area contributed by atoms with Crippen LogP contribution in [0.1, 0.15) is 85.0 Å². The van der Waals surface area contributed by atoms with E-state index in [9.17, 15) is 4.79 Å². The van der Waals surface area contributed by atoms with E-state index in [2.05, 4.69) is 20.8 Å². The molecule has 0 heterocycles. The molecule has 1 atom stereocenters. The molecule has 1 amide bonds. The van der Waals surface area contributed by atoms with Crippen LogP contribution in [0.15, 0.2) is 0 Å². The van der Waals surface area contributed by atoms with Crippen molar-refractivity contribution in [3.05, 3.63) is 0 Å². The lowest BCUT2D eigenvalue weighted by molar-refractivity contribution is -0.127. The Balaban J connectivity index is 4.22. The van der Waals surface area contributed by atoms with Crippen LogP contribution in [-0.2, 0) is 4.79 Å². The van der Waals surface area contributed by atoms with Gasteiger partial charge in [-0.1, -0.05) is 65.7 Å². The molecule has 0 radical (unpaired) electrons. The fourth-order valence-corrected chi connectivity index (χ4v) is 3.00. The predicted molar refractivity (Wildman–Crippen MR) is 94.0 cm³/mol. The maximum Gasteiger partial charge on any atom is 0.237 e. The summed E-state index contributed by atoms with van der Waals surface area (Å²) in [4.78, 5) is 13.4. The number of hydrogen-bond acceptors (Lipinski definition) is 1. The van der Waals surface area contributed by atoms with Crippen molar-refractivity contribution in [3.63, 3.8) is 0 Å². The standard InChI is InChI=1S/C18H36ClNO/c1-5-7-9-10-11-13-18(3,12-8-6-2)14-15-20(4)17(21)16-19/h5-16H2,1-4H3. The van der Waals surface area contributed by atoms with E-state index in [4.69, 9.17) is 11.6 Å². The van der Waals surface area contributed by atoms with E-state index < -0.39 is 0 Å². The highest BCUT2D eigenvalue weighted by Crippen LogP contribution is 2.34. The van der Waals surface area contributed by atoms with Crippen molar-refractivity contribution in [3.8, 4) is 0 Å². The van der Waals surface area contributed by atoms with Gasteiger partial charge in [0.1, 0.15) is 5.88 Å². The van der Waals surface area contributed by atoms with Crippen molar-refractivity contribution < 1.29 is 4.79 Å². The van der Waals surface area contributed by atoms with E-state index in [0.29, 0.717) is 5.41 Å². The van der Waals surface area contributed by atoms with Gasteiger partial charge >= 0.3 is 0 Å². The number of alkyl halides is 1. The number of carbonyl (C=O) groups is 1. The van der Waals surface area contributed by atoms with Crippen LogP contribution < -0.4 is 0 Å². The summed E-state index contributed by atoms with van der Waals surface area (Å²) in [6, 6.07) is 0. The number of unbranched alkanes of at least 4 members (excludes halogenated alkanes) is 5. The van der Waals surface area contributed by atoms with Gasteiger partial charge in [-0.25, -0.2) is 0 Å². The SMILES string of the molecule is CCCCCCCC(C)(CCCC)CCN(C)C(=O)CCl. The number of rotatable bonds is 13. The summed E-state index contributed by atoms with van der Waals surface area (Å²) >= 11 is 5.62. The maximum absolute atomic E-state index is 11.6. The largest absolute Gasteiger partial charge is 0.345 e. The summed E-state index contributed by atoms with van der Waals surface area (Å²) in [6.07, 6.45) is 12.9. The zero-order valence-electron chi connectivity index (χ0n) is 14.7. The molecule has 0 fully saturated rings. The Morgan fingerprint density at radius 1 is 0.952 bits per heavy atom. The van der Waals surface area contributed by atoms with Gasteiger partial charge in [0, 0.05) is 13.6 Å². The van der Waals surface area contributed by atoms with Gasteiger partial charge in [0.25, 0.3) is 0 Å². The number of hydrogen-bond donors (Lipinski definition) is 0. The summed E-state index contributed by atoms with van der Waals surface area (Å²) < 4.78 is 0. The summed E-state index contributed by atoms with van der Waals surface area (Å²) in [7, 11) is 1.87. The Bertz CT molecular complexity index is 270. The molecule has 0 spiro atoms. The monoisotopic (exact) mass is 317 g/mol. The van der Waals surface area contributed by atoms with Crippen molar-refractivity contribution in [1.82, 2.24) is 4.90 Å². The molecule has 0 N–H and O–H groups in total. The van der Waals surface area contributed by atoms with Crippen molar-refractivity contribution >= 4 is 17.5 Å². The first-order chi connectivity index (χ1) is 9.99. The van der Waals surface area contributed by atoms with Crippen LogP contribution in [0.5, 0.6) is 0 Å². The molecule has 0 aliphatic heterocycles. The molecule has 0 aromatic rings. The van der Waals surface area contributed by atoms with E-state index in [0.717, 1.165) is 13.0 Å². The van der Waals surface area contributed by atoms with Crippen LogP contribution in [0.3, 0.4) is 0 Å². The third-order valence-electron chi connectivity index (χ3n) is 4.61. The van der Waals surface area contributed by atoms with Gasteiger partial charge in [-0.15, -0.1) is 11.6 Å². The summed E-state index contributed by atoms with van der Waals surface area (Å²) in [5.41, 5.74) is 0.378. The van der Waals surface area contributed by atoms with E-state index in [1.54, 1.807) is 4.90 Å². The molecule has 126 valence electrons. The summed E-state index contributed by atoms with van der Waals surface area (Å²) in [6.45, 7) is 7.75. The Labute approximate surface area is 137 Å². The minimum absolute atomic E-state index is 0.0393. The summed E-state index contributed by atoms with van der Waals surface area (Å²) in [5.74, 6) is 0.136.